The number of hydrogen-bond donors (Lipinski definition) is 3. The largest absolute Gasteiger partial charge is 0.352 e. The van der Waals surface area contributed by atoms with Crippen molar-refractivity contribution < 1.29 is 9.59 Å². The van der Waals surface area contributed by atoms with E-state index in [1.807, 2.05) is 13.8 Å². The summed E-state index contributed by atoms with van der Waals surface area (Å²) >= 11 is 0. The first-order valence-corrected chi connectivity index (χ1v) is 6.61. The zero-order chi connectivity index (χ0) is 14.1. The third kappa shape index (κ3) is 8.98. The van der Waals surface area contributed by atoms with Gasteiger partial charge in [0.05, 0.1) is 6.54 Å². The Morgan fingerprint density at radius 1 is 1.11 bits per heavy atom. The quantitative estimate of drug-likeness (QED) is 0.596. The monoisotopic (exact) mass is 257 g/mol. The third-order valence-electron chi connectivity index (χ3n) is 2.51. The summed E-state index contributed by atoms with van der Waals surface area (Å²) in [6.45, 7) is 8.52. The Morgan fingerprint density at radius 2 is 1.72 bits per heavy atom. The van der Waals surface area contributed by atoms with Crippen LogP contribution < -0.4 is 16.4 Å². The SMILES string of the molecule is CC(C)CC(CN)CC(=O)NCC(=O)NC(C)C. The van der Waals surface area contributed by atoms with Crippen LogP contribution in [0.5, 0.6) is 0 Å². The summed E-state index contributed by atoms with van der Waals surface area (Å²) in [6, 6.07) is 0.0899. The molecule has 0 aromatic heterocycles. The Labute approximate surface area is 110 Å². The fourth-order valence-electron chi connectivity index (χ4n) is 1.82. The number of nitrogens with two attached hydrogens (primary N) is 1. The molecule has 0 heterocycles. The molecule has 0 saturated carbocycles. The van der Waals surface area contributed by atoms with Gasteiger partial charge >= 0.3 is 0 Å². The van der Waals surface area contributed by atoms with E-state index in [0.717, 1.165) is 6.42 Å². The standard InChI is InChI=1S/C13H27N3O2/c1-9(2)5-11(7-14)6-12(17)15-8-13(18)16-10(3)4/h9-11H,5-8,14H2,1-4H3,(H,15,17)(H,16,18). The van der Waals surface area contributed by atoms with Crippen LogP contribution in [0.15, 0.2) is 0 Å². The average Bonchev–Trinajstić information content (AvgIpc) is 2.24. The molecule has 0 bridgehead atoms. The van der Waals surface area contributed by atoms with Gasteiger partial charge in [-0.1, -0.05) is 13.8 Å². The molecule has 1 unspecified atom stereocenters. The fraction of sp³-hybridized carbons (Fsp3) is 0.846. The highest BCUT2D eigenvalue weighted by Crippen LogP contribution is 2.13. The highest BCUT2D eigenvalue weighted by molar-refractivity contribution is 5.84. The Bertz CT molecular complexity index is 265. The summed E-state index contributed by atoms with van der Waals surface area (Å²) in [5, 5.41) is 5.34. The van der Waals surface area contributed by atoms with Crippen molar-refractivity contribution in [2.24, 2.45) is 17.6 Å². The van der Waals surface area contributed by atoms with E-state index in [4.69, 9.17) is 5.73 Å². The Kier molecular flexibility index (Phi) is 8.37. The number of rotatable bonds is 8. The van der Waals surface area contributed by atoms with Gasteiger partial charge < -0.3 is 16.4 Å². The number of amides is 2. The number of hydrogen-bond acceptors (Lipinski definition) is 3. The molecule has 5 nitrogen and oxygen atoms in total. The van der Waals surface area contributed by atoms with E-state index in [1.54, 1.807) is 0 Å². The van der Waals surface area contributed by atoms with E-state index < -0.39 is 0 Å². The molecule has 0 aromatic carbocycles. The van der Waals surface area contributed by atoms with Crippen LogP contribution in [0.3, 0.4) is 0 Å². The topological polar surface area (TPSA) is 84.2 Å². The van der Waals surface area contributed by atoms with Gasteiger partial charge in [0.1, 0.15) is 0 Å². The Hall–Kier alpha value is -1.10. The lowest BCUT2D eigenvalue weighted by atomic mass is 9.94. The number of carbonyl (C=O) groups excluding carboxylic acids is 2. The number of carbonyl (C=O) groups is 2. The van der Waals surface area contributed by atoms with E-state index in [9.17, 15) is 9.59 Å². The van der Waals surface area contributed by atoms with Crippen molar-refractivity contribution in [3.8, 4) is 0 Å². The van der Waals surface area contributed by atoms with E-state index in [-0.39, 0.29) is 30.3 Å². The molecule has 0 aliphatic rings. The highest BCUT2D eigenvalue weighted by atomic mass is 16.2. The molecule has 4 N–H and O–H groups in total. The molecule has 0 radical (unpaired) electrons. The number of nitrogens with one attached hydrogen (secondary N) is 2. The maximum Gasteiger partial charge on any atom is 0.239 e. The Balaban J connectivity index is 3.91. The van der Waals surface area contributed by atoms with Crippen LogP contribution in [0.2, 0.25) is 0 Å². The van der Waals surface area contributed by atoms with Gasteiger partial charge in [0.15, 0.2) is 0 Å². The molecule has 1 atom stereocenters. The minimum atomic E-state index is -0.161. The summed E-state index contributed by atoms with van der Waals surface area (Å²) in [6.07, 6.45) is 1.33. The van der Waals surface area contributed by atoms with Crippen LogP contribution in [-0.4, -0.2) is 30.9 Å². The first-order chi connectivity index (χ1) is 8.35. The minimum Gasteiger partial charge on any atom is -0.352 e. The van der Waals surface area contributed by atoms with E-state index in [1.165, 1.54) is 0 Å². The molecule has 0 fully saturated rings. The van der Waals surface area contributed by atoms with Gasteiger partial charge in [0.2, 0.25) is 11.8 Å². The molecular formula is C13H27N3O2. The van der Waals surface area contributed by atoms with Gasteiger partial charge in [-0.15, -0.1) is 0 Å². The van der Waals surface area contributed by atoms with Crippen molar-refractivity contribution in [1.82, 2.24) is 10.6 Å². The van der Waals surface area contributed by atoms with Crippen molar-refractivity contribution in [1.29, 1.82) is 0 Å². The van der Waals surface area contributed by atoms with Crippen molar-refractivity contribution in [2.75, 3.05) is 13.1 Å². The van der Waals surface area contributed by atoms with Gasteiger partial charge in [-0.3, -0.25) is 9.59 Å². The average molecular weight is 257 g/mol. The van der Waals surface area contributed by atoms with Crippen LogP contribution in [0.1, 0.15) is 40.5 Å². The van der Waals surface area contributed by atoms with Gasteiger partial charge in [-0.2, -0.15) is 0 Å². The summed E-state index contributed by atoms with van der Waals surface area (Å²) in [7, 11) is 0. The van der Waals surface area contributed by atoms with Gasteiger partial charge in [0, 0.05) is 12.5 Å². The molecule has 0 saturated heterocycles. The lowest BCUT2D eigenvalue weighted by molar-refractivity contribution is -0.126. The summed E-state index contributed by atoms with van der Waals surface area (Å²) < 4.78 is 0. The van der Waals surface area contributed by atoms with Gasteiger partial charge in [0.25, 0.3) is 0 Å². The van der Waals surface area contributed by atoms with E-state index in [0.29, 0.717) is 18.9 Å². The maximum absolute atomic E-state index is 11.6. The van der Waals surface area contributed by atoms with Crippen molar-refractivity contribution in [2.45, 2.75) is 46.6 Å². The lowest BCUT2D eigenvalue weighted by Gasteiger charge is -2.16. The molecule has 0 aliphatic carbocycles. The van der Waals surface area contributed by atoms with Crippen LogP contribution >= 0.6 is 0 Å². The normalized spacial score (nSPS) is 12.6. The molecule has 2 amide bonds. The predicted octanol–water partition coefficient (Wildman–Crippen LogP) is 0.638. The maximum atomic E-state index is 11.6. The third-order valence-corrected chi connectivity index (χ3v) is 2.51. The predicted molar refractivity (Wildman–Crippen MR) is 72.9 cm³/mol. The molecule has 106 valence electrons. The van der Waals surface area contributed by atoms with E-state index in [2.05, 4.69) is 24.5 Å². The van der Waals surface area contributed by atoms with Gasteiger partial charge in [-0.05, 0) is 38.6 Å². The van der Waals surface area contributed by atoms with Crippen molar-refractivity contribution in [3.05, 3.63) is 0 Å². The zero-order valence-corrected chi connectivity index (χ0v) is 12.0. The molecule has 0 aromatic rings. The first-order valence-electron chi connectivity index (χ1n) is 6.61. The van der Waals surface area contributed by atoms with Crippen LogP contribution in [0.25, 0.3) is 0 Å². The summed E-state index contributed by atoms with van der Waals surface area (Å²) in [4.78, 5) is 23.0. The summed E-state index contributed by atoms with van der Waals surface area (Å²) in [5.74, 6) is 0.449. The fourth-order valence-corrected chi connectivity index (χ4v) is 1.82. The molecule has 0 rings (SSSR count). The van der Waals surface area contributed by atoms with Crippen molar-refractivity contribution >= 4 is 11.8 Å². The molecular weight excluding hydrogens is 230 g/mol. The smallest absolute Gasteiger partial charge is 0.239 e. The van der Waals surface area contributed by atoms with Crippen LogP contribution in [0.4, 0.5) is 0 Å². The molecule has 5 heteroatoms. The van der Waals surface area contributed by atoms with Crippen LogP contribution in [-0.2, 0) is 9.59 Å². The molecule has 18 heavy (non-hydrogen) atoms. The molecule has 0 spiro atoms. The van der Waals surface area contributed by atoms with Crippen LogP contribution in [0, 0.1) is 11.8 Å². The highest BCUT2D eigenvalue weighted by Gasteiger charge is 2.14. The summed E-state index contributed by atoms with van der Waals surface area (Å²) in [5.41, 5.74) is 5.63. The van der Waals surface area contributed by atoms with Gasteiger partial charge in [-0.25, -0.2) is 0 Å². The lowest BCUT2D eigenvalue weighted by Crippen LogP contribution is -2.40. The van der Waals surface area contributed by atoms with E-state index >= 15 is 0 Å². The molecule has 0 aliphatic heterocycles. The zero-order valence-electron chi connectivity index (χ0n) is 12.0. The second-order valence-electron chi connectivity index (χ2n) is 5.43. The second-order valence-corrected chi connectivity index (χ2v) is 5.43. The Morgan fingerprint density at radius 3 is 2.17 bits per heavy atom. The van der Waals surface area contributed by atoms with Crippen molar-refractivity contribution in [3.63, 3.8) is 0 Å². The second kappa shape index (κ2) is 8.91. The minimum absolute atomic E-state index is 0.0377. The first kappa shape index (κ1) is 16.9.